The Morgan fingerprint density at radius 1 is 0.794 bits per heavy atom. The van der Waals surface area contributed by atoms with Crippen molar-refractivity contribution in [1.29, 1.82) is 0 Å². The number of benzene rings is 2. The maximum absolute atomic E-state index is 12.4. The predicted molar refractivity (Wildman–Crippen MR) is 123 cm³/mol. The molecule has 2 aromatic carbocycles. The minimum absolute atomic E-state index is 0.0428. The van der Waals surface area contributed by atoms with E-state index in [-0.39, 0.29) is 39.8 Å². The second-order valence-electron chi connectivity index (χ2n) is 7.18. The van der Waals surface area contributed by atoms with Crippen LogP contribution in [0.15, 0.2) is 36.4 Å². The predicted octanol–water partition coefficient (Wildman–Crippen LogP) is 3.22. The number of ketones is 1. The number of carbonyl (C=O) groups excluding carboxylic acids is 5. The van der Waals surface area contributed by atoms with Gasteiger partial charge in [-0.1, -0.05) is 6.92 Å². The highest BCUT2D eigenvalue weighted by atomic mass is 16.5. The minimum atomic E-state index is -0.699. The van der Waals surface area contributed by atoms with Crippen molar-refractivity contribution >= 4 is 40.9 Å². The maximum atomic E-state index is 12.4. The van der Waals surface area contributed by atoms with Gasteiger partial charge in [-0.25, -0.2) is 9.59 Å². The minimum Gasteiger partial charge on any atom is -0.483 e. The highest BCUT2D eigenvalue weighted by Gasteiger charge is 2.16. The number of ether oxygens (including phenoxy) is 3. The average Bonchev–Trinajstić information content (AvgIpc) is 2.81. The van der Waals surface area contributed by atoms with Gasteiger partial charge in [0.2, 0.25) is 5.91 Å². The molecule has 0 saturated heterocycles. The van der Waals surface area contributed by atoms with Gasteiger partial charge in [0.05, 0.1) is 30.9 Å². The Bertz CT molecular complexity index is 1080. The van der Waals surface area contributed by atoms with Crippen molar-refractivity contribution in [1.82, 2.24) is 0 Å². The van der Waals surface area contributed by atoms with Crippen molar-refractivity contribution < 1.29 is 38.2 Å². The van der Waals surface area contributed by atoms with Crippen molar-refractivity contribution in [3.63, 3.8) is 0 Å². The first-order valence-electron chi connectivity index (χ1n) is 10.4. The van der Waals surface area contributed by atoms with Gasteiger partial charge in [0.15, 0.2) is 12.4 Å². The molecule has 0 aliphatic rings. The van der Waals surface area contributed by atoms with Crippen LogP contribution in [-0.4, -0.2) is 50.4 Å². The lowest BCUT2D eigenvalue weighted by molar-refractivity contribution is -0.118. The van der Waals surface area contributed by atoms with E-state index >= 15 is 0 Å². The van der Waals surface area contributed by atoms with E-state index in [0.29, 0.717) is 18.5 Å². The summed E-state index contributed by atoms with van der Waals surface area (Å²) in [5, 5.41) is 5.23. The van der Waals surface area contributed by atoms with Crippen molar-refractivity contribution in [3.8, 4) is 5.75 Å². The Hall–Kier alpha value is -4.21. The summed E-state index contributed by atoms with van der Waals surface area (Å²) < 4.78 is 14.8. The van der Waals surface area contributed by atoms with Crippen LogP contribution >= 0.6 is 0 Å². The summed E-state index contributed by atoms with van der Waals surface area (Å²) in [6, 6.07) is 8.49. The topological polar surface area (TPSA) is 137 Å². The van der Waals surface area contributed by atoms with Gasteiger partial charge in [-0.2, -0.15) is 0 Å². The molecule has 10 heteroatoms. The third kappa shape index (κ3) is 7.16. The van der Waals surface area contributed by atoms with Gasteiger partial charge in [0, 0.05) is 17.8 Å². The standard InChI is InChI=1S/C24H26N2O8/c1-5-6-21(28)25-17-7-8-20(19(12-17)14(2)27)34-13-22(29)26-18-10-15(23(30)32-3)9-16(11-18)24(31)33-4/h7-12H,5-6,13H2,1-4H3,(H,25,28)(H,26,29). The molecule has 0 saturated carbocycles. The van der Waals surface area contributed by atoms with Gasteiger partial charge in [-0.15, -0.1) is 0 Å². The highest BCUT2D eigenvalue weighted by molar-refractivity contribution is 6.01. The molecule has 0 aromatic heterocycles. The number of amides is 2. The number of hydrogen-bond acceptors (Lipinski definition) is 8. The van der Waals surface area contributed by atoms with E-state index in [2.05, 4.69) is 20.1 Å². The quantitative estimate of drug-likeness (QED) is 0.399. The summed E-state index contributed by atoms with van der Waals surface area (Å²) in [6.45, 7) is 2.76. The number of esters is 2. The third-order valence-electron chi connectivity index (χ3n) is 4.54. The first-order chi connectivity index (χ1) is 16.2. The second-order valence-corrected chi connectivity index (χ2v) is 7.18. The summed E-state index contributed by atoms with van der Waals surface area (Å²) in [7, 11) is 2.37. The summed E-state index contributed by atoms with van der Waals surface area (Å²) in [4.78, 5) is 60.1. The molecule has 0 bridgehead atoms. The van der Waals surface area contributed by atoms with Gasteiger partial charge in [-0.05, 0) is 49.7 Å². The van der Waals surface area contributed by atoms with Crippen molar-refractivity contribution in [2.24, 2.45) is 0 Å². The van der Waals surface area contributed by atoms with Crippen LogP contribution in [-0.2, 0) is 19.1 Å². The SMILES string of the molecule is CCCC(=O)Nc1ccc(OCC(=O)Nc2cc(C(=O)OC)cc(C(=O)OC)c2)c(C(C)=O)c1. The second kappa shape index (κ2) is 12.1. The van der Waals surface area contributed by atoms with Crippen LogP contribution in [0.2, 0.25) is 0 Å². The molecule has 0 unspecified atom stereocenters. The molecule has 0 atom stereocenters. The first kappa shape index (κ1) is 26.0. The smallest absolute Gasteiger partial charge is 0.337 e. The fraction of sp³-hybridized carbons (Fsp3) is 0.292. The molecule has 0 aliphatic heterocycles. The van der Waals surface area contributed by atoms with Crippen LogP contribution in [0, 0.1) is 0 Å². The number of hydrogen-bond donors (Lipinski definition) is 2. The lowest BCUT2D eigenvalue weighted by Gasteiger charge is -2.13. The van der Waals surface area contributed by atoms with E-state index in [0.717, 1.165) is 0 Å². The normalized spacial score (nSPS) is 10.1. The number of methoxy groups -OCH3 is 2. The van der Waals surface area contributed by atoms with E-state index in [4.69, 9.17) is 4.74 Å². The number of rotatable bonds is 10. The number of Topliss-reactive ketones (excluding diaryl/α,β-unsaturated/α-hetero) is 1. The number of carbonyl (C=O) groups is 5. The fourth-order valence-corrected chi connectivity index (χ4v) is 2.97. The Balaban J connectivity index is 2.15. The van der Waals surface area contributed by atoms with Crippen molar-refractivity contribution in [2.45, 2.75) is 26.7 Å². The maximum Gasteiger partial charge on any atom is 0.337 e. The molecule has 2 amide bonds. The number of nitrogens with one attached hydrogen (secondary N) is 2. The van der Waals surface area contributed by atoms with Crippen LogP contribution in [0.4, 0.5) is 11.4 Å². The van der Waals surface area contributed by atoms with Gasteiger partial charge in [0.25, 0.3) is 5.91 Å². The summed E-state index contributed by atoms with van der Waals surface area (Å²) in [5.74, 6) is -2.33. The van der Waals surface area contributed by atoms with Crippen molar-refractivity contribution in [2.75, 3.05) is 31.5 Å². The third-order valence-corrected chi connectivity index (χ3v) is 4.54. The Morgan fingerprint density at radius 3 is 1.91 bits per heavy atom. The zero-order valence-electron chi connectivity index (χ0n) is 19.4. The highest BCUT2D eigenvalue weighted by Crippen LogP contribution is 2.24. The molecular weight excluding hydrogens is 444 g/mol. The van der Waals surface area contributed by atoms with Gasteiger partial charge >= 0.3 is 11.9 Å². The van der Waals surface area contributed by atoms with Crippen LogP contribution in [0.5, 0.6) is 5.75 Å². The van der Waals surface area contributed by atoms with Crippen molar-refractivity contribution in [3.05, 3.63) is 53.1 Å². The van der Waals surface area contributed by atoms with E-state index in [1.165, 1.54) is 51.5 Å². The monoisotopic (exact) mass is 470 g/mol. The van der Waals surface area contributed by atoms with Crippen LogP contribution < -0.4 is 15.4 Å². The molecule has 2 N–H and O–H groups in total. The molecule has 0 spiro atoms. The van der Waals surface area contributed by atoms with Crippen LogP contribution in [0.25, 0.3) is 0 Å². The van der Waals surface area contributed by atoms with Gasteiger partial charge in [-0.3, -0.25) is 14.4 Å². The van der Waals surface area contributed by atoms with E-state index < -0.39 is 24.5 Å². The number of anilines is 2. The largest absolute Gasteiger partial charge is 0.483 e. The zero-order valence-corrected chi connectivity index (χ0v) is 19.4. The lowest BCUT2D eigenvalue weighted by Crippen LogP contribution is -2.21. The molecule has 2 rings (SSSR count). The average molecular weight is 470 g/mol. The fourth-order valence-electron chi connectivity index (χ4n) is 2.97. The summed E-state index contributed by atoms with van der Waals surface area (Å²) in [5.41, 5.74) is 0.873. The van der Waals surface area contributed by atoms with Gasteiger partial charge < -0.3 is 24.8 Å². The molecule has 2 aromatic rings. The van der Waals surface area contributed by atoms with E-state index in [9.17, 15) is 24.0 Å². The molecular formula is C24H26N2O8. The van der Waals surface area contributed by atoms with E-state index in [1.807, 2.05) is 6.92 Å². The molecule has 10 nitrogen and oxygen atoms in total. The van der Waals surface area contributed by atoms with Crippen LogP contribution in [0.1, 0.15) is 57.8 Å². The summed E-state index contributed by atoms with van der Waals surface area (Å²) >= 11 is 0. The van der Waals surface area contributed by atoms with E-state index in [1.54, 1.807) is 6.07 Å². The Labute approximate surface area is 196 Å². The zero-order chi connectivity index (χ0) is 25.3. The van der Waals surface area contributed by atoms with Gasteiger partial charge in [0.1, 0.15) is 5.75 Å². The lowest BCUT2D eigenvalue weighted by atomic mass is 10.1. The molecule has 0 heterocycles. The first-order valence-corrected chi connectivity index (χ1v) is 10.4. The molecule has 0 fully saturated rings. The van der Waals surface area contributed by atoms with Crippen LogP contribution in [0.3, 0.4) is 0 Å². The molecule has 34 heavy (non-hydrogen) atoms. The molecule has 0 aliphatic carbocycles. The Kier molecular flexibility index (Phi) is 9.30. The molecule has 0 radical (unpaired) electrons. The Morgan fingerprint density at radius 2 is 1.38 bits per heavy atom. The summed E-state index contributed by atoms with van der Waals surface area (Å²) in [6.07, 6.45) is 1.04. The molecule has 180 valence electrons.